The van der Waals surface area contributed by atoms with E-state index in [2.05, 4.69) is 244 Å². The zero-order valence-electron chi connectivity index (χ0n) is 31.6. The van der Waals surface area contributed by atoms with E-state index < -0.39 is 21.9 Å². The Kier molecular flexibility index (Phi) is 13.9. The van der Waals surface area contributed by atoms with Crippen LogP contribution in [0.15, 0.2) is 231 Å². The normalized spacial score (nSPS) is 10.9. The van der Waals surface area contributed by atoms with Crippen LogP contribution in [0.3, 0.4) is 0 Å². The van der Waals surface area contributed by atoms with Crippen molar-refractivity contribution in [2.75, 3.05) is 0 Å². The minimum atomic E-state index is -3.17. The zero-order valence-corrected chi connectivity index (χ0v) is 33.4. The van der Waals surface area contributed by atoms with E-state index in [9.17, 15) is 4.32 Å². The Bertz CT molecular complexity index is 1970. The average molecular weight is 769 g/mol. The molecule has 2 nitrogen and oxygen atoms in total. The van der Waals surface area contributed by atoms with Gasteiger partial charge >= 0.3 is 0 Å². The summed E-state index contributed by atoms with van der Waals surface area (Å²) in [5, 5.41) is 27.7. The van der Waals surface area contributed by atoms with Crippen molar-refractivity contribution in [2.24, 2.45) is 0 Å². The molecule has 8 rings (SSSR count). The first kappa shape index (κ1) is 40.2. The molecule has 0 radical (unpaired) electrons. The Morgan fingerprint density at radius 3 is 0.589 bits per heavy atom. The van der Waals surface area contributed by atoms with Crippen LogP contribution < -0.4 is 52.5 Å². The SMILES string of the molecule is Cc1ccc([P+](c2ccccc2)(c2ccccc2)c2ccccc2)cc1.Cc1ccc([P+](c2ccccc2)(c2ccccc2)c2ccccc2)cc1.[O-]B([O-])F. The van der Waals surface area contributed by atoms with Gasteiger partial charge in [0.2, 0.25) is 0 Å². The molecular weight excluding hydrogens is 724 g/mol. The summed E-state index contributed by atoms with van der Waals surface area (Å²) in [6, 6.07) is 84.1. The van der Waals surface area contributed by atoms with Crippen LogP contribution >= 0.6 is 14.5 Å². The molecule has 0 bridgehead atoms. The zero-order chi connectivity index (χ0) is 39.2. The molecule has 6 heteroatoms. The largest absolute Gasteiger partial charge is 0.867 e. The smallest absolute Gasteiger partial charge is 0.144 e. The Balaban J connectivity index is 0.000000174. The standard InChI is InChI=1S/2C25H22P.BFO2/c2*1-21-17-19-25(20-18-21)26(22-11-5-2-6-12-22,23-13-7-3-8-14-23)24-15-9-4-10-16-24;2-1(3)4/h2*2-20H,1H3;/q2*+1;-2. The second-order valence-electron chi connectivity index (χ2n) is 13.3. The summed E-state index contributed by atoms with van der Waals surface area (Å²) in [6.07, 6.45) is 0. The molecule has 0 saturated carbocycles. The molecule has 56 heavy (non-hydrogen) atoms. The van der Waals surface area contributed by atoms with E-state index in [1.165, 1.54) is 53.6 Å². The molecule has 0 fully saturated rings. The fourth-order valence-corrected chi connectivity index (χ4v) is 15.7. The van der Waals surface area contributed by atoms with Crippen LogP contribution in [0, 0.1) is 13.8 Å². The van der Waals surface area contributed by atoms with Crippen molar-refractivity contribution in [3.63, 3.8) is 0 Å². The van der Waals surface area contributed by atoms with E-state index in [1.807, 2.05) is 0 Å². The lowest BCUT2D eigenvalue weighted by molar-refractivity contribution is -0.366. The minimum Gasteiger partial charge on any atom is -0.867 e. The van der Waals surface area contributed by atoms with E-state index in [0.29, 0.717) is 0 Å². The first-order valence-electron chi connectivity index (χ1n) is 18.6. The van der Waals surface area contributed by atoms with E-state index >= 15 is 0 Å². The van der Waals surface area contributed by atoms with Gasteiger partial charge in [-0.15, -0.1) is 0 Å². The van der Waals surface area contributed by atoms with Crippen molar-refractivity contribution < 1.29 is 14.4 Å². The predicted octanol–water partition coefficient (Wildman–Crippen LogP) is 6.89. The van der Waals surface area contributed by atoms with Crippen molar-refractivity contribution in [2.45, 2.75) is 13.8 Å². The highest BCUT2D eigenvalue weighted by Crippen LogP contribution is 2.55. The van der Waals surface area contributed by atoms with Gasteiger partial charge in [-0.05, 0) is 111 Å². The van der Waals surface area contributed by atoms with Gasteiger partial charge in [-0.2, -0.15) is 0 Å². The van der Waals surface area contributed by atoms with E-state index in [0.717, 1.165) is 0 Å². The van der Waals surface area contributed by atoms with E-state index in [4.69, 9.17) is 10.0 Å². The Labute approximate surface area is 332 Å². The number of hydrogen-bond acceptors (Lipinski definition) is 2. The van der Waals surface area contributed by atoms with Crippen molar-refractivity contribution >= 4 is 64.4 Å². The van der Waals surface area contributed by atoms with Gasteiger partial charge in [0.25, 0.3) is 0 Å². The molecule has 0 aromatic heterocycles. The molecule has 0 aliphatic rings. The maximum absolute atomic E-state index is 9.89. The molecule has 0 N–H and O–H groups in total. The molecular formula is C50H44BFO2P2. The maximum atomic E-state index is 9.89. The average Bonchev–Trinajstić information content (AvgIpc) is 3.25. The third kappa shape index (κ3) is 8.98. The molecule has 0 heterocycles. The quantitative estimate of drug-likeness (QED) is 0.125. The molecule has 0 unspecified atom stereocenters. The first-order valence-corrected chi connectivity index (χ1v) is 22.2. The summed E-state index contributed by atoms with van der Waals surface area (Å²) in [5.41, 5.74) is 2.59. The molecule has 8 aromatic rings. The van der Waals surface area contributed by atoms with Crippen LogP contribution in [-0.2, 0) is 0 Å². The first-order chi connectivity index (χ1) is 27.4. The van der Waals surface area contributed by atoms with Crippen LogP contribution in [0.2, 0.25) is 0 Å². The summed E-state index contributed by atoms with van der Waals surface area (Å²) in [4.78, 5) is 0. The number of halogens is 1. The van der Waals surface area contributed by atoms with Gasteiger partial charge in [-0.3, -0.25) is 0 Å². The summed E-state index contributed by atoms with van der Waals surface area (Å²) in [5.74, 6) is 0. The molecule has 0 spiro atoms. The highest BCUT2D eigenvalue weighted by molar-refractivity contribution is 8.02. The monoisotopic (exact) mass is 768 g/mol. The van der Waals surface area contributed by atoms with Crippen LogP contribution in [0.25, 0.3) is 0 Å². The number of aryl methyl sites for hydroxylation is 2. The molecule has 0 atom stereocenters. The van der Waals surface area contributed by atoms with Crippen molar-refractivity contribution in [3.8, 4) is 0 Å². The van der Waals surface area contributed by atoms with Gasteiger partial charge in [0.1, 0.15) is 64.4 Å². The molecule has 8 aromatic carbocycles. The number of rotatable bonds is 8. The summed E-state index contributed by atoms with van der Waals surface area (Å²) in [6.45, 7) is 4.30. The van der Waals surface area contributed by atoms with Crippen LogP contribution in [0.4, 0.5) is 4.32 Å². The van der Waals surface area contributed by atoms with Gasteiger partial charge < -0.3 is 14.4 Å². The topological polar surface area (TPSA) is 46.1 Å². The van der Waals surface area contributed by atoms with Crippen molar-refractivity contribution in [1.82, 2.24) is 0 Å². The lowest BCUT2D eigenvalue weighted by Gasteiger charge is -2.27. The van der Waals surface area contributed by atoms with Gasteiger partial charge in [0.05, 0.1) is 0 Å². The third-order valence-corrected chi connectivity index (χ3v) is 18.3. The van der Waals surface area contributed by atoms with Gasteiger partial charge in [-0.1, -0.05) is 145 Å². The van der Waals surface area contributed by atoms with Gasteiger partial charge in [-0.25, -0.2) is 0 Å². The molecule has 276 valence electrons. The predicted molar refractivity (Wildman–Crippen MR) is 239 cm³/mol. The minimum absolute atomic E-state index is 1.29. The lowest BCUT2D eigenvalue weighted by atomic mass is 10.2. The third-order valence-electron chi connectivity index (χ3n) is 9.70. The fraction of sp³-hybridized carbons (Fsp3) is 0.0400. The second kappa shape index (κ2) is 19.4. The molecule has 0 amide bonds. The summed E-state index contributed by atoms with van der Waals surface area (Å²) >= 11 is 0. The second-order valence-corrected chi connectivity index (χ2v) is 20.1. The molecule has 0 aliphatic carbocycles. The number of hydrogen-bond donors (Lipinski definition) is 0. The van der Waals surface area contributed by atoms with Crippen LogP contribution in [0.1, 0.15) is 11.1 Å². The highest BCUT2D eigenvalue weighted by Gasteiger charge is 2.48. The number of benzene rings is 8. The van der Waals surface area contributed by atoms with E-state index in [1.54, 1.807) is 0 Å². The summed E-state index contributed by atoms with van der Waals surface area (Å²) < 4.78 is 9.89. The summed E-state index contributed by atoms with van der Waals surface area (Å²) in [7, 11) is -7.02. The van der Waals surface area contributed by atoms with E-state index in [-0.39, 0.29) is 0 Å². The molecule has 0 aliphatic heterocycles. The maximum Gasteiger partial charge on any atom is 0.144 e. The van der Waals surface area contributed by atoms with Gasteiger partial charge in [0.15, 0.2) is 0 Å². The Morgan fingerprint density at radius 1 is 0.286 bits per heavy atom. The van der Waals surface area contributed by atoms with Crippen LogP contribution in [-0.4, -0.2) is 7.40 Å². The van der Waals surface area contributed by atoms with Crippen LogP contribution in [0.5, 0.6) is 0 Å². The highest BCUT2D eigenvalue weighted by atomic mass is 31.2. The van der Waals surface area contributed by atoms with Crippen molar-refractivity contribution in [3.05, 3.63) is 242 Å². The Morgan fingerprint density at radius 2 is 0.429 bits per heavy atom. The van der Waals surface area contributed by atoms with Crippen molar-refractivity contribution in [1.29, 1.82) is 0 Å². The fourth-order valence-electron chi connectivity index (χ4n) is 7.24. The molecule has 0 saturated heterocycles. The lowest BCUT2D eigenvalue weighted by Crippen LogP contribution is -2.39. The van der Waals surface area contributed by atoms with Gasteiger partial charge in [0, 0.05) is 0 Å². The Hall–Kier alpha value is -5.47.